The minimum Gasteiger partial charge on any atom is -0.372 e. The van der Waals surface area contributed by atoms with Crippen LogP contribution in [-0.4, -0.2) is 29.1 Å². The summed E-state index contributed by atoms with van der Waals surface area (Å²) in [6.07, 6.45) is 3.29. The Morgan fingerprint density at radius 1 is 1.85 bits per heavy atom. The summed E-state index contributed by atoms with van der Waals surface area (Å²) < 4.78 is 4.96. The molecular formula is C8H13N3O2. The van der Waals surface area contributed by atoms with Gasteiger partial charge in [-0.05, 0) is 6.42 Å². The normalized spacial score (nSPS) is 12.5. The highest BCUT2D eigenvalue weighted by molar-refractivity contribution is 5.93. The van der Waals surface area contributed by atoms with Crippen molar-refractivity contribution >= 4 is 11.7 Å². The van der Waals surface area contributed by atoms with Gasteiger partial charge in [-0.25, -0.2) is 4.98 Å². The lowest BCUT2D eigenvalue weighted by molar-refractivity contribution is -0.125. The molecule has 0 saturated heterocycles. The Morgan fingerprint density at radius 3 is 3.08 bits per heavy atom. The highest BCUT2D eigenvalue weighted by Crippen LogP contribution is 2.03. The van der Waals surface area contributed by atoms with Crippen molar-refractivity contribution in [3.8, 4) is 0 Å². The molecule has 13 heavy (non-hydrogen) atoms. The molecular weight excluding hydrogens is 170 g/mol. The topological polar surface area (TPSA) is 67.0 Å². The number of aromatic amines is 1. The van der Waals surface area contributed by atoms with E-state index >= 15 is 0 Å². The largest absolute Gasteiger partial charge is 0.372 e. The van der Waals surface area contributed by atoms with Gasteiger partial charge in [0.05, 0.1) is 12.5 Å². The molecule has 0 spiro atoms. The van der Waals surface area contributed by atoms with Gasteiger partial charge in [0, 0.05) is 7.11 Å². The maximum Gasteiger partial charge on any atom is 0.254 e. The number of H-pyrrole nitrogens is 1. The first-order valence-corrected chi connectivity index (χ1v) is 4.10. The van der Waals surface area contributed by atoms with Crippen LogP contribution in [0.15, 0.2) is 12.5 Å². The number of anilines is 1. The summed E-state index contributed by atoms with van der Waals surface area (Å²) in [4.78, 5) is 17.9. The zero-order valence-electron chi connectivity index (χ0n) is 7.70. The molecule has 1 rings (SSSR count). The molecule has 1 unspecified atom stereocenters. The molecule has 0 radical (unpaired) electrons. The number of amides is 1. The molecule has 5 nitrogen and oxygen atoms in total. The molecule has 0 aliphatic rings. The van der Waals surface area contributed by atoms with Gasteiger partial charge in [-0.2, -0.15) is 0 Å². The van der Waals surface area contributed by atoms with Gasteiger partial charge >= 0.3 is 0 Å². The molecule has 1 heterocycles. The lowest BCUT2D eigenvalue weighted by Crippen LogP contribution is -2.28. The van der Waals surface area contributed by atoms with E-state index in [4.69, 9.17) is 4.74 Å². The first-order valence-electron chi connectivity index (χ1n) is 4.10. The average Bonchev–Trinajstić information content (AvgIpc) is 2.59. The van der Waals surface area contributed by atoms with Crippen LogP contribution in [0.25, 0.3) is 0 Å². The van der Waals surface area contributed by atoms with Crippen LogP contribution >= 0.6 is 0 Å². The lowest BCUT2D eigenvalue weighted by Gasteiger charge is -2.11. The number of hydrogen-bond acceptors (Lipinski definition) is 3. The highest BCUT2D eigenvalue weighted by atomic mass is 16.5. The van der Waals surface area contributed by atoms with Gasteiger partial charge in [0.2, 0.25) is 0 Å². The number of aromatic nitrogens is 2. The van der Waals surface area contributed by atoms with Crippen LogP contribution in [0.5, 0.6) is 0 Å². The number of ether oxygens (including phenoxy) is 1. The van der Waals surface area contributed by atoms with Gasteiger partial charge in [-0.1, -0.05) is 6.92 Å². The Hall–Kier alpha value is -1.36. The van der Waals surface area contributed by atoms with Gasteiger partial charge in [0.15, 0.2) is 0 Å². The Bertz CT molecular complexity index is 254. The standard InChI is InChI=1S/C8H13N3O2/c1-3-6(13-2)8(12)11-7-4-9-5-10-7/h4-6H,3H2,1-2H3,(H,9,10)(H,11,12). The fourth-order valence-electron chi connectivity index (χ4n) is 0.997. The van der Waals surface area contributed by atoms with E-state index in [1.807, 2.05) is 6.92 Å². The molecule has 0 aliphatic heterocycles. The number of nitrogens with one attached hydrogen (secondary N) is 2. The zero-order valence-corrected chi connectivity index (χ0v) is 7.70. The molecule has 5 heteroatoms. The lowest BCUT2D eigenvalue weighted by atomic mass is 10.2. The third-order valence-electron chi connectivity index (χ3n) is 1.70. The maximum absolute atomic E-state index is 11.4. The van der Waals surface area contributed by atoms with Crippen LogP contribution < -0.4 is 5.32 Å². The maximum atomic E-state index is 11.4. The predicted octanol–water partition coefficient (Wildman–Crippen LogP) is 0.773. The molecule has 2 N–H and O–H groups in total. The smallest absolute Gasteiger partial charge is 0.254 e. The fourth-order valence-corrected chi connectivity index (χ4v) is 0.997. The average molecular weight is 183 g/mol. The number of rotatable bonds is 4. The van der Waals surface area contributed by atoms with E-state index in [9.17, 15) is 4.79 Å². The molecule has 0 aromatic carbocycles. The van der Waals surface area contributed by atoms with Crippen molar-refractivity contribution in [2.75, 3.05) is 12.4 Å². The minimum atomic E-state index is -0.400. The van der Waals surface area contributed by atoms with Gasteiger partial charge in [-0.15, -0.1) is 0 Å². The molecule has 0 aliphatic carbocycles. The third kappa shape index (κ3) is 2.55. The van der Waals surface area contributed by atoms with E-state index in [2.05, 4.69) is 15.3 Å². The number of imidazole rings is 1. The Labute approximate surface area is 76.5 Å². The Kier molecular flexibility index (Phi) is 3.45. The summed E-state index contributed by atoms with van der Waals surface area (Å²) in [7, 11) is 1.51. The minimum absolute atomic E-state index is 0.158. The van der Waals surface area contributed by atoms with Gasteiger partial charge in [0.1, 0.15) is 11.9 Å². The SMILES string of the molecule is CCC(OC)C(=O)Nc1cnc[nH]1. The van der Waals surface area contributed by atoms with E-state index in [1.165, 1.54) is 13.4 Å². The summed E-state index contributed by atoms with van der Waals surface area (Å²) in [6.45, 7) is 1.89. The van der Waals surface area contributed by atoms with Crippen molar-refractivity contribution in [3.63, 3.8) is 0 Å². The highest BCUT2D eigenvalue weighted by Gasteiger charge is 2.15. The molecule has 0 saturated carbocycles. The van der Waals surface area contributed by atoms with E-state index < -0.39 is 6.10 Å². The van der Waals surface area contributed by atoms with Gasteiger partial charge in [0.25, 0.3) is 5.91 Å². The van der Waals surface area contributed by atoms with E-state index in [-0.39, 0.29) is 5.91 Å². The number of carbonyl (C=O) groups is 1. The summed E-state index contributed by atoms with van der Waals surface area (Å²) in [5.74, 6) is 0.426. The van der Waals surface area contributed by atoms with Crippen molar-refractivity contribution in [3.05, 3.63) is 12.5 Å². The first kappa shape index (κ1) is 9.73. The molecule has 0 fully saturated rings. The van der Waals surface area contributed by atoms with Crippen LogP contribution in [-0.2, 0) is 9.53 Å². The Balaban J connectivity index is 2.49. The number of hydrogen-bond donors (Lipinski definition) is 2. The number of methoxy groups -OCH3 is 1. The Morgan fingerprint density at radius 2 is 2.62 bits per heavy atom. The second kappa shape index (κ2) is 4.61. The van der Waals surface area contributed by atoms with E-state index in [0.29, 0.717) is 12.2 Å². The molecule has 1 amide bonds. The summed E-state index contributed by atoms with van der Waals surface area (Å²) in [6, 6.07) is 0. The van der Waals surface area contributed by atoms with E-state index in [0.717, 1.165) is 0 Å². The summed E-state index contributed by atoms with van der Waals surface area (Å²) in [5.41, 5.74) is 0. The number of nitrogens with zero attached hydrogens (tertiary/aromatic N) is 1. The molecule has 72 valence electrons. The predicted molar refractivity (Wildman–Crippen MR) is 48.3 cm³/mol. The van der Waals surface area contributed by atoms with Crippen LogP contribution in [0, 0.1) is 0 Å². The van der Waals surface area contributed by atoms with Crippen LogP contribution in [0.4, 0.5) is 5.82 Å². The van der Waals surface area contributed by atoms with Crippen LogP contribution in [0.2, 0.25) is 0 Å². The molecule has 0 bridgehead atoms. The summed E-state index contributed by atoms with van der Waals surface area (Å²) in [5, 5.41) is 2.64. The van der Waals surface area contributed by atoms with Crippen molar-refractivity contribution in [1.29, 1.82) is 0 Å². The zero-order chi connectivity index (χ0) is 9.68. The van der Waals surface area contributed by atoms with Crippen LogP contribution in [0.3, 0.4) is 0 Å². The monoisotopic (exact) mass is 183 g/mol. The van der Waals surface area contributed by atoms with Crippen molar-refractivity contribution in [1.82, 2.24) is 9.97 Å². The number of carbonyl (C=O) groups excluding carboxylic acids is 1. The molecule has 1 aromatic heterocycles. The van der Waals surface area contributed by atoms with E-state index in [1.54, 1.807) is 6.20 Å². The molecule has 1 atom stereocenters. The van der Waals surface area contributed by atoms with Gasteiger partial charge in [-0.3, -0.25) is 4.79 Å². The van der Waals surface area contributed by atoms with Crippen molar-refractivity contribution in [2.24, 2.45) is 0 Å². The molecule has 1 aromatic rings. The third-order valence-corrected chi connectivity index (χ3v) is 1.70. The summed E-state index contributed by atoms with van der Waals surface area (Å²) >= 11 is 0. The van der Waals surface area contributed by atoms with Gasteiger partial charge < -0.3 is 15.0 Å². The second-order valence-corrected chi connectivity index (χ2v) is 2.59. The fraction of sp³-hybridized carbons (Fsp3) is 0.500. The van der Waals surface area contributed by atoms with Crippen LogP contribution in [0.1, 0.15) is 13.3 Å². The van der Waals surface area contributed by atoms with Crippen molar-refractivity contribution < 1.29 is 9.53 Å². The van der Waals surface area contributed by atoms with Crippen molar-refractivity contribution in [2.45, 2.75) is 19.4 Å². The second-order valence-electron chi connectivity index (χ2n) is 2.59. The first-order chi connectivity index (χ1) is 6.27. The quantitative estimate of drug-likeness (QED) is 0.724.